The first kappa shape index (κ1) is 12.0. The summed E-state index contributed by atoms with van der Waals surface area (Å²) in [6, 6.07) is 14.0. The number of rotatable bonds is 3. The summed E-state index contributed by atoms with van der Waals surface area (Å²) in [5.41, 5.74) is 7.11. The SMILES string of the molecule is N#Cc1cc(Oc2ccccc2CO)ccc1N. The third kappa shape index (κ3) is 2.42. The van der Waals surface area contributed by atoms with E-state index in [-0.39, 0.29) is 6.61 Å². The Morgan fingerprint density at radius 2 is 2.00 bits per heavy atom. The summed E-state index contributed by atoms with van der Waals surface area (Å²) in [7, 11) is 0. The minimum Gasteiger partial charge on any atom is -0.457 e. The maximum absolute atomic E-state index is 9.19. The van der Waals surface area contributed by atoms with Crippen molar-refractivity contribution in [2.45, 2.75) is 6.61 Å². The highest BCUT2D eigenvalue weighted by atomic mass is 16.5. The predicted molar refractivity (Wildman–Crippen MR) is 68.0 cm³/mol. The fourth-order valence-electron chi connectivity index (χ4n) is 1.56. The molecule has 0 saturated heterocycles. The largest absolute Gasteiger partial charge is 0.457 e. The molecular weight excluding hydrogens is 228 g/mol. The monoisotopic (exact) mass is 240 g/mol. The second-order valence-corrected chi connectivity index (χ2v) is 3.73. The smallest absolute Gasteiger partial charge is 0.132 e. The van der Waals surface area contributed by atoms with Gasteiger partial charge in [0, 0.05) is 17.3 Å². The standard InChI is InChI=1S/C14H12N2O2/c15-8-11-7-12(5-6-13(11)16)18-14-4-2-1-3-10(14)9-17/h1-7,17H,9,16H2. The molecule has 0 bridgehead atoms. The summed E-state index contributed by atoms with van der Waals surface area (Å²) in [5, 5.41) is 18.1. The summed E-state index contributed by atoms with van der Waals surface area (Å²) < 4.78 is 5.63. The number of nitrogen functional groups attached to an aromatic ring is 1. The van der Waals surface area contributed by atoms with Crippen LogP contribution in [0.25, 0.3) is 0 Å². The number of para-hydroxylation sites is 1. The van der Waals surface area contributed by atoms with Crippen molar-refractivity contribution in [2.24, 2.45) is 0 Å². The van der Waals surface area contributed by atoms with Crippen molar-refractivity contribution in [2.75, 3.05) is 5.73 Å². The molecule has 4 heteroatoms. The van der Waals surface area contributed by atoms with Crippen LogP contribution in [0.4, 0.5) is 5.69 Å². The third-order valence-electron chi connectivity index (χ3n) is 2.52. The molecule has 0 fully saturated rings. The van der Waals surface area contributed by atoms with E-state index in [1.807, 2.05) is 18.2 Å². The predicted octanol–water partition coefficient (Wildman–Crippen LogP) is 2.43. The third-order valence-corrected chi connectivity index (χ3v) is 2.52. The molecule has 2 aromatic carbocycles. The van der Waals surface area contributed by atoms with Crippen LogP contribution in [0.15, 0.2) is 42.5 Å². The van der Waals surface area contributed by atoms with E-state index in [9.17, 15) is 5.11 Å². The van der Waals surface area contributed by atoms with Gasteiger partial charge < -0.3 is 15.6 Å². The molecule has 0 spiro atoms. The number of hydrogen-bond acceptors (Lipinski definition) is 4. The molecule has 0 aromatic heterocycles. The molecule has 0 aliphatic heterocycles. The van der Waals surface area contributed by atoms with Gasteiger partial charge in [-0.25, -0.2) is 0 Å². The Kier molecular flexibility index (Phi) is 3.46. The van der Waals surface area contributed by atoms with Crippen LogP contribution < -0.4 is 10.5 Å². The Hall–Kier alpha value is -2.51. The van der Waals surface area contributed by atoms with Crippen molar-refractivity contribution >= 4 is 5.69 Å². The van der Waals surface area contributed by atoms with E-state index in [1.54, 1.807) is 30.3 Å². The van der Waals surface area contributed by atoms with Gasteiger partial charge in [0.05, 0.1) is 12.2 Å². The van der Waals surface area contributed by atoms with Gasteiger partial charge in [0.15, 0.2) is 0 Å². The van der Waals surface area contributed by atoms with Gasteiger partial charge in [0.1, 0.15) is 17.6 Å². The highest BCUT2D eigenvalue weighted by molar-refractivity contribution is 5.57. The highest BCUT2D eigenvalue weighted by Crippen LogP contribution is 2.27. The van der Waals surface area contributed by atoms with Crippen molar-refractivity contribution in [3.05, 3.63) is 53.6 Å². The van der Waals surface area contributed by atoms with Crippen molar-refractivity contribution in [3.8, 4) is 17.6 Å². The van der Waals surface area contributed by atoms with Crippen LogP contribution in [-0.2, 0) is 6.61 Å². The van der Waals surface area contributed by atoms with Gasteiger partial charge in [-0.15, -0.1) is 0 Å². The van der Waals surface area contributed by atoms with Gasteiger partial charge in [-0.2, -0.15) is 5.26 Å². The lowest BCUT2D eigenvalue weighted by molar-refractivity contribution is 0.276. The van der Waals surface area contributed by atoms with E-state index in [2.05, 4.69) is 0 Å². The lowest BCUT2D eigenvalue weighted by atomic mass is 10.2. The first-order chi connectivity index (χ1) is 8.74. The average molecular weight is 240 g/mol. The molecule has 0 amide bonds. The number of nitriles is 1. The van der Waals surface area contributed by atoms with E-state index in [1.165, 1.54) is 0 Å². The molecule has 90 valence electrons. The molecule has 18 heavy (non-hydrogen) atoms. The zero-order valence-corrected chi connectivity index (χ0v) is 9.63. The van der Waals surface area contributed by atoms with Crippen LogP contribution in [0.1, 0.15) is 11.1 Å². The molecule has 0 radical (unpaired) electrons. The summed E-state index contributed by atoms with van der Waals surface area (Å²) >= 11 is 0. The molecule has 0 saturated carbocycles. The number of benzene rings is 2. The van der Waals surface area contributed by atoms with Crippen LogP contribution in [0.5, 0.6) is 11.5 Å². The summed E-state index contributed by atoms with van der Waals surface area (Å²) in [5.74, 6) is 1.08. The molecule has 0 aliphatic carbocycles. The van der Waals surface area contributed by atoms with Gasteiger partial charge in [-0.1, -0.05) is 18.2 Å². The van der Waals surface area contributed by atoms with E-state index in [0.29, 0.717) is 28.3 Å². The fourth-order valence-corrected chi connectivity index (χ4v) is 1.56. The maximum Gasteiger partial charge on any atom is 0.132 e. The quantitative estimate of drug-likeness (QED) is 0.807. The fraction of sp³-hybridized carbons (Fsp3) is 0.0714. The Balaban J connectivity index is 2.32. The molecule has 2 rings (SSSR count). The average Bonchev–Trinajstić information content (AvgIpc) is 2.41. The van der Waals surface area contributed by atoms with Crippen LogP contribution in [-0.4, -0.2) is 5.11 Å². The molecular formula is C14H12N2O2. The Morgan fingerprint density at radius 1 is 1.22 bits per heavy atom. The van der Waals surface area contributed by atoms with Crippen LogP contribution >= 0.6 is 0 Å². The van der Waals surface area contributed by atoms with Crippen LogP contribution in [0.2, 0.25) is 0 Å². The minimum absolute atomic E-state index is 0.101. The minimum atomic E-state index is -0.101. The second kappa shape index (κ2) is 5.21. The summed E-state index contributed by atoms with van der Waals surface area (Å²) in [6.45, 7) is -0.101. The Labute approximate surface area is 105 Å². The highest BCUT2D eigenvalue weighted by Gasteiger charge is 2.05. The number of nitrogens with two attached hydrogens (primary N) is 1. The number of nitrogens with zero attached hydrogens (tertiary/aromatic N) is 1. The van der Waals surface area contributed by atoms with E-state index >= 15 is 0 Å². The molecule has 3 N–H and O–H groups in total. The summed E-state index contributed by atoms with van der Waals surface area (Å²) in [6.07, 6.45) is 0. The Morgan fingerprint density at radius 3 is 2.72 bits per heavy atom. The summed E-state index contributed by atoms with van der Waals surface area (Å²) in [4.78, 5) is 0. The lowest BCUT2D eigenvalue weighted by Gasteiger charge is -2.10. The van der Waals surface area contributed by atoms with Crippen molar-refractivity contribution in [1.29, 1.82) is 5.26 Å². The number of anilines is 1. The normalized spacial score (nSPS) is 9.78. The zero-order chi connectivity index (χ0) is 13.0. The van der Waals surface area contributed by atoms with E-state index in [4.69, 9.17) is 15.7 Å². The molecule has 4 nitrogen and oxygen atoms in total. The Bertz CT molecular complexity index is 603. The van der Waals surface area contributed by atoms with E-state index < -0.39 is 0 Å². The molecule has 0 unspecified atom stereocenters. The zero-order valence-electron chi connectivity index (χ0n) is 9.63. The molecule has 0 heterocycles. The van der Waals surface area contributed by atoms with Gasteiger partial charge in [0.25, 0.3) is 0 Å². The van der Waals surface area contributed by atoms with Gasteiger partial charge in [-0.05, 0) is 18.2 Å². The molecule has 2 aromatic rings. The van der Waals surface area contributed by atoms with Crippen molar-refractivity contribution < 1.29 is 9.84 Å². The van der Waals surface area contributed by atoms with Gasteiger partial charge >= 0.3 is 0 Å². The van der Waals surface area contributed by atoms with E-state index in [0.717, 1.165) is 0 Å². The number of hydrogen-bond donors (Lipinski definition) is 2. The van der Waals surface area contributed by atoms with Crippen molar-refractivity contribution in [3.63, 3.8) is 0 Å². The van der Waals surface area contributed by atoms with Crippen LogP contribution in [0.3, 0.4) is 0 Å². The first-order valence-corrected chi connectivity index (χ1v) is 5.41. The van der Waals surface area contributed by atoms with Gasteiger partial charge in [-0.3, -0.25) is 0 Å². The van der Waals surface area contributed by atoms with Crippen LogP contribution in [0, 0.1) is 11.3 Å². The lowest BCUT2D eigenvalue weighted by Crippen LogP contribution is -1.94. The molecule has 0 atom stereocenters. The van der Waals surface area contributed by atoms with Crippen molar-refractivity contribution in [1.82, 2.24) is 0 Å². The topological polar surface area (TPSA) is 79.3 Å². The number of aliphatic hydroxyl groups excluding tert-OH is 1. The first-order valence-electron chi connectivity index (χ1n) is 5.41. The van der Waals surface area contributed by atoms with Gasteiger partial charge in [0.2, 0.25) is 0 Å². The second-order valence-electron chi connectivity index (χ2n) is 3.73. The maximum atomic E-state index is 9.19. The number of aliphatic hydroxyl groups is 1. The molecule has 0 aliphatic rings. The number of ether oxygens (including phenoxy) is 1.